The van der Waals surface area contributed by atoms with E-state index in [0.29, 0.717) is 45.8 Å². The molecule has 2 atom stereocenters. The van der Waals surface area contributed by atoms with Gasteiger partial charge in [0.1, 0.15) is 12.6 Å². The van der Waals surface area contributed by atoms with Crippen LogP contribution in [-0.4, -0.2) is 75.0 Å². The van der Waals surface area contributed by atoms with E-state index in [1.54, 1.807) is 0 Å². The van der Waals surface area contributed by atoms with Gasteiger partial charge in [-0.05, 0) is 25.8 Å². The Morgan fingerprint density at radius 2 is 1.71 bits per heavy atom. The Labute approximate surface area is 173 Å². The van der Waals surface area contributed by atoms with Crippen molar-refractivity contribution in [2.24, 2.45) is 17.4 Å². The highest BCUT2D eigenvalue weighted by molar-refractivity contribution is 7.80. The molecule has 2 amide bonds. The van der Waals surface area contributed by atoms with E-state index in [-0.39, 0.29) is 30.0 Å². The molecule has 0 fully saturated rings. The Morgan fingerprint density at radius 3 is 2.32 bits per heavy atom. The monoisotopic (exact) mass is 420 g/mol. The second-order valence-corrected chi connectivity index (χ2v) is 7.08. The lowest BCUT2D eigenvalue weighted by Crippen LogP contribution is -2.52. The molecule has 0 bridgehead atoms. The summed E-state index contributed by atoms with van der Waals surface area (Å²) in [5.74, 6) is -0.502. The maximum Gasteiger partial charge on any atom is 0.242 e. The lowest BCUT2D eigenvalue weighted by atomic mass is 10.1. The minimum Gasteiger partial charge on any atom is -0.377 e. The molecule has 164 valence electrons. The summed E-state index contributed by atoms with van der Waals surface area (Å²) >= 11 is 3.99. The zero-order chi connectivity index (χ0) is 21.4. The van der Waals surface area contributed by atoms with Gasteiger partial charge in [0.2, 0.25) is 11.8 Å². The van der Waals surface area contributed by atoms with Crippen molar-refractivity contribution < 1.29 is 23.9 Å². The molecule has 0 rings (SSSR count). The Kier molecular flexibility index (Phi) is 16.0. The van der Waals surface area contributed by atoms with Crippen molar-refractivity contribution >= 4 is 30.2 Å². The number of ketones is 1. The molecule has 0 spiro atoms. The molecule has 0 unspecified atom stereocenters. The van der Waals surface area contributed by atoms with Gasteiger partial charge < -0.3 is 31.6 Å². The fourth-order valence-electron chi connectivity index (χ4n) is 2.05. The summed E-state index contributed by atoms with van der Waals surface area (Å²) < 4.78 is 10.6. The van der Waals surface area contributed by atoms with Crippen molar-refractivity contribution in [2.45, 2.75) is 45.2 Å². The van der Waals surface area contributed by atoms with E-state index in [2.05, 4.69) is 23.3 Å². The van der Waals surface area contributed by atoms with E-state index in [0.717, 1.165) is 6.42 Å². The number of unbranched alkanes of at least 4 members (excludes halogenated alkanes) is 1. The van der Waals surface area contributed by atoms with Crippen LogP contribution in [0.5, 0.6) is 0 Å². The molecule has 0 aromatic carbocycles. The largest absolute Gasteiger partial charge is 0.377 e. The molecule has 6 N–H and O–H groups in total. The van der Waals surface area contributed by atoms with E-state index in [1.807, 2.05) is 13.8 Å². The van der Waals surface area contributed by atoms with E-state index >= 15 is 0 Å². The summed E-state index contributed by atoms with van der Waals surface area (Å²) in [5.41, 5.74) is 11.1. The molecule has 0 radical (unpaired) electrons. The topological polar surface area (TPSA) is 146 Å². The average molecular weight is 421 g/mol. The van der Waals surface area contributed by atoms with Crippen LogP contribution < -0.4 is 22.1 Å². The number of Topliss-reactive ketones (excluding diaryl/α,β-unsaturated/α-hetero) is 1. The molecule has 10 heteroatoms. The van der Waals surface area contributed by atoms with Crippen LogP contribution >= 0.6 is 12.6 Å². The van der Waals surface area contributed by atoms with E-state index in [9.17, 15) is 14.4 Å². The summed E-state index contributed by atoms with van der Waals surface area (Å²) in [6, 6.07) is -1.44. The molecule has 0 saturated heterocycles. The molecule has 0 heterocycles. The highest BCUT2D eigenvalue weighted by Gasteiger charge is 2.22. The van der Waals surface area contributed by atoms with Crippen molar-refractivity contribution in [1.82, 2.24) is 10.6 Å². The number of carbonyl (C=O) groups is 3. The van der Waals surface area contributed by atoms with Crippen LogP contribution in [0.3, 0.4) is 0 Å². The number of thiol groups is 1. The number of carbonyl (C=O) groups excluding carboxylic acids is 3. The summed E-state index contributed by atoms with van der Waals surface area (Å²) in [4.78, 5) is 35.6. The maximum atomic E-state index is 12.3. The SMILES string of the molecule is CC(C)C(=O)COCCOCCNC(=O)[C@H](CCCCN)NC(=O)[C@@H](N)CS. The highest BCUT2D eigenvalue weighted by atomic mass is 32.1. The first-order chi connectivity index (χ1) is 13.3. The molecular formula is C18H36N4O5S. The number of rotatable bonds is 17. The Bertz CT molecular complexity index is 465. The zero-order valence-electron chi connectivity index (χ0n) is 16.9. The number of ether oxygens (including phenoxy) is 2. The third-order valence-electron chi connectivity index (χ3n) is 3.92. The van der Waals surface area contributed by atoms with Gasteiger partial charge in [-0.25, -0.2) is 0 Å². The van der Waals surface area contributed by atoms with E-state index < -0.39 is 18.0 Å². The average Bonchev–Trinajstić information content (AvgIpc) is 2.67. The maximum absolute atomic E-state index is 12.3. The van der Waals surface area contributed by atoms with Gasteiger partial charge in [0.15, 0.2) is 5.78 Å². The molecule has 9 nitrogen and oxygen atoms in total. The van der Waals surface area contributed by atoms with Crippen LogP contribution in [0.2, 0.25) is 0 Å². The quantitative estimate of drug-likeness (QED) is 0.153. The smallest absolute Gasteiger partial charge is 0.242 e. The molecule has 0 aliphatic rings. The molecular weight excluding hydrogens is 384 g/mol. The fourth-order valence-corrected chi connectivity index (χ4v) is 2.22. The summed E-state index contributed by atoms with van der Waals surface area (Å²) in [6.45, 7) is 5.48. The Hall–Kier alpha value is -1.20. The van der Waals surface area contributed by atoms with Gasteiger partial charge in [-0.3, -0.25) is 14.4 Å². The minimum atomic E-state index is -0.765. The second kappa shape index (κ2) is 16.7. The first-order valence-electron chi connectivity index (χ1n) is 9.66. The fraction of sp³-hybridized carbons (Fsp3) is 0.833. The molecule has 0 aromatic heterocycles. The molecule has 0 aliphatic heterocycles. The normalized spacial score (nSPS) is 13.2. The number of nitrogens with two attached hydrogens (primary N) is 2. The van der Waals surface area contributed by atoms with Gasteiger partial charge in [0, 0.05) is 18.2 Å². The van der Waals surface area contributed by atoms with Crippen LogP contribution in [0, 0.1) is 5.92 Å². The highest BCUT2D eigenvalue weighted by Crippen LogP contribution is 2.02. The van der Waals surface area contributed by atoms with E-state index in [4.69, 9.17) is 20.9 Å². The van der Waals surface area contributed by atoms with Crippen LogP contribution in [-0.2, 0) is 23.9 Å². The van der Waals surface area contributed by atoms with Gasteiger partial charge in [-0.1, -0.05) is 13.8 Å². The first-order valence-corrected chi connectivity index (χ1v) is 10.3. The summed E-state index contributed by atoms with van der Waals surface area (Å²) in [5, 5.41) is 5.39. The summed E-state index contributed by atoms with van der Waals surface area (Å²) in [6.07, 6.45) is 1.96. The summed E-state index contributed by atoms with van der Waals surface area (Å²) in [7, 11) is 0. The van der Waals surface area contributed by atoms with Crippen molar-refractivity contribution in [2.75, 3.05) is 45.3 Å². The third kappa shape index (κ3) is 13.1. The van der Waals surface area contributed by atoms with Crippen LogP contribution in [0.15, 0.2) is 0 Å². The number of hydrogen-bond donors (Lipinski definition) is 5. The molecule has 0 saturated carbocycles. The second-order valence-electron chi connectivity index (χ2n) is 6.71. The van der Waals surface area contributed by atoms with Crippen molar-refractivity contribution in [3.63, 3.8) is 0 Å². The molecule has 0 aromatic rings. The Balaban J connectivity index is 4.08. The lowest BCUT2D eigenvalue weighted by molar-refractivity contribution is -0.129. The third-order valence-corrected chi connectivity index (χ3v) is 4.31. The van der Waals surface area contributed by atoms with Gasteiger partial charge in [-0.2, -0.15) is 12.6 Å². The van der Waals surface area contributed by atoms with Gasteiger partial charge in [0.05, 0.1) is 25.9 Å². The van der Waals surface area contributed by atoms with E-state index in [1.165, 1.54) is 0 Å². The van der Waals surface area contributed by atoms with Gasteiger partial charge in [-0.15, -0.1) is 0 Å². The van der Waals surface area contributed by atoms with Crippen molar-refractivity contribution in [3.05, 3.63) is 0 Å². The van der Waals surface area contributed by atoms with Crippen molar-refractivity contribution in [3.8, 4) is 0 Å². The van der Waals surface area contributed by atoms with Crippen LogP contribution in [0.4, 0.5) is 0 Å². The van der Waals surface area contributed by atoms with Gasteiger partial charge in [0.25, 0.3) is 0 Å². The minimum absolute atomic E-state index is 0.0447. The molecule has 28 heavy (non-hydrogen) atoms. The number of amides is 2. The van der Waals surface area contributed by atoms with Crippen LogP contribution in [0.25, 0.3) is 0 Å². The predicted octanol–water partition coefficient (Wildman–Crippen LogP) is -0.768. The standard InChI is InChI=1S/C18H36N4O5S/c1-13(2)16(23)11-27-10-9-26-8-7-21-18(25)15(5-3-4-6-19)22-17(24)14(20)12-28/h13-15,28H,3-12,19-20H2,1-2H3,(H,21,25)(H,22,24)/t14-,15-/m0/s1. The lowest BCUT2D eigenvalue weighted by Gasteiger charge is -2.20. The van der Waals surface area contributed by atoms with Gasteiger partial charge >= 0.3 is 0 Å². The predicted molar refractivity (Wildman–Crippen MR) is 111 cm³/mol. The number of nitrogens with one attached hydrogen (secondary N) is 2. The number of hydrogen-bond acceptors (Lipinski definition) is 8. The van der Waals surface area contributed by atoms with Crippen molar-refractivity contribution in [1.29, 1.82) is 0 Å². The first kappa shape index (κ1) is 26.8. The molecule has 0 aliphatic carbocycles. The zero-order valence-corrected chi connectivity index (χ0v) is 17.8. The van der Waals surface area contributed by atoms with Crippen LogP contribution in [0.1, 0.15) is 33.1 Å². The Morgan fingerprint density at radius 1 is 1.04 bits per heavy atom.